The molecular weight excluding hydrogens is 300 g/mol. The summed E-state index contributed by atoms with van der Waals surface area (Å²) in [5, 5.41) is 0. The number of hydrogen-bond acceptors (Lipinski definition) is 3. The minimum atomic E-state index is -0.0521. The van der Waals surface area contributed by atoms with Crippen LogP contribution in [0.2, 0.25) is 0 Å². The van der Waals surface area contributed by atoms with Crippen molar-refractivity contribution < 1.29 is 14.3 Å². The van der Waals surface area contributed by atoms with E-state index in [4.69, 9.17) is 9.47 Å². The third-order valence-corrected chi connectivity index (χ3v) is 7.97. The monoisotopic (exact) mass is 336 g/mol. The summed E-state index contributed by atoms with van der Waals surface area (Å²) in [6.45, 7) is 10.5. The van der Waals surface area contributed by atoms with E-state index in [1.165, 1.54) is 39.2 Å². The number of esters is 1. The summed E-state index contributed by atoms with van der Waals surface area (Å²) in [7, 11) is 1.51. The summed E-state index contributed by atoms with van der Waals surface area (Å²) < 4.78 is 11.5. The van der Waals surface area contributed by atoms with E-state index in [2.05, 4.69) is 27.7 Å². The molecule has 2 saturated carbocycles. The second kappa shape index (κ2) is 6.30. The van der Waals surface area contributed by atoms with Crippen LogP contribution in [0.15, 0.2) is 0 Å². The topological polar surface area (TPSA) is 35.5 Å². The molecule has 0 aromatic carbocycles. The Balaban J connectivity index is 1.88. The summed E-state index contributed by atoms with van der Waals surface area (Å²) in [5.74, 6) is 1.29. The van der Waals surface area contributed by atoms with Crippen molar-refractivity contribution in [3.05, 3.63) is 0 Å². The molecule has 0 amide bonds. The van der Waals surface area contributed by atoms with E-state index in [-0.39, 0.29) is 17.5 Å². The largest absolute Gasteiger partial charge is 0.469 e. The second-order valence-corrected chi connectivity index (χ2v) is 9.74. The van der Waals surface area contributed by atoms with Crippen molar-refractivity contribution in [1.82, 2.24) is 0 Å². The Hall–Kier alpha value is -0.570. The third kappa shape index (κ3) is 2.91. The number of methoxy groups -OCH3 is 1. The lowest BCUT2D eigenvalue weighted by Gasteiger charge is -2.62. The van der Waals surface area contributed by atoms with Gasteiger partial charge in [0.2, 0.25) is 0 Å². The Kier molecular flexibility index (Phi) is 4.79. The van der Waals surface area contributed by atoms with Crippen LogP contribution in [0.1, 0.15) is 79.1 Å². The quantitative estimate of drug-likeness (QED) is 0.634. The zero-order valence-corrected chi connectivity index (χ0v) is 16.3. The van der Waals surface area contributed by atoms with E-state index < -0.39 is 0 Å². The smallest absolute Gasteiger partial charge is 0.308 e. The SMILES string of the molecule is COC(=O)[C@H]1CCO[C@]2(C)CC[C@H]3C(C)(C)CCC[C@]3(C)[C@H]2CC1. The van der Waals surface area contributed by atoms with Gasteiger partial charge in [-0.2, -0.15) is 0 Å². The summed E-state index contributed by atoms with van der Waals surface area (Å²) in [4.78, 5) is 12.1. The average molecular weight is 337 g/mol. The van der Waals surface area contributed by atoms with Crippen LogP contribution in [0, 0.1) is 28.6 Å². The maximum atomic E-state index is 12.1. The van der Waals surface area contributed by atoms with E-state index in [0.717, 1.165) is 25.2 Å². The molecule has 0 spiro atoms. The Morgan fingerprint density at radius 2 is 1.71 bits per heavy atom. The van der Waals surface area contributed by atoms with E-state index in [1.54, 1.807) is 0 Å². The van der Waals surface area contributed by atoms with Crippen LogP contribution < -0.4 is 0 Å². The van der Waals surface area contributed by atoms with Gasteiger partial charge in [0.1, 0.15) is 0 Å². The molecule has 1 heterocycles. The Bertz CT molecular complexity index is 485. The molecule has 1 saturated heterocycles. The number of fused-ring (bicyclic) bond motifs is 3. The van der Waals surface area contributed by atoms with Crippen molar-refractivity contribution in [1.29, 1.82) is 0 Å². The van der Waals surface area contributed by atoms with Crippen molar-refractivity contribution in [2.24, 2.45) is 28.6 Å². The highest BCUT2D eigenvalue weighted by Gasteiger charge is 2.58. The third-order valence-electron chi connectivity index (χ3n) is 7.97. The predicted molar refractivity (Wildman–Crippen MR) is 95.7 cm³/mol. The molecule has 3 rings (SSSR count). The van der Waals surface area contributed by atoms with Crippen LogP contribution in [0.5, 0.6) is 0 Å². The van der Waals surface area contributed by atoms with Crippen LogP contribution >= 0.6 is 0 Å². The van der Waals surface area contributed by atoms with Gasteiger partial charge in [-0.3, -0.25) is 4.79 Å². The van der Waals surface area contributed by atoms with Crippen molar-refractivity contribution in [3.8, 4) is 0 Å². The predicted octanol–water partition coefficient (Wildman–Crippen LogP) is 4.98. The van der Waals surface area contributed by atoms with Crippen molar-refractivity contribution >= 4 is 5.97 Å². The summed E-state index contributed by atoms with van der Waals surface area (Å²) in [6.07, 6.45) is 9.31. The fraction of sp³-hybridized carbons (Fsp3) is 0.952. The van der Waals surface area contributed by atoms with Gasteiger partial charge in [-0.05, 0) is 74.5 Å². The lowest BCUT2D eigenvalue weighted by atomic mass is 9.45. The lowest BCUT2D eigenvalue weighted by molar-refractivity contribution is -0.202. The first-order chi connectivity index (χ1) is 11.2. The summed E-state index contributed by atoms with van der Waals surface area (Å²) in [6, 6.07) is 0. The highest BCUT2D eigenvalue weighted by atomic mass is 16.5. The molecule has 0 radical (unpaired) electrons. The molecule has 0 aromatic heterocycles. The fourth-order valence-electron chi connectivity index (χ4n) is 6.76. The molecule has 5 atom stereocenters. The standard InChI is InChI=1S/C21H36O3/c1-19(2)11-6-12-20(3)16(19)9-13-21(4)17(20)8-7-15(10-14-24-21)18(22)23-5/h15-17H,6-14H2,1-5H3/t15-,16+,17-,20+,21-/m1/s1. The van der Waals surface area contributed by atoms with E-state index >= 15 is 0 Å². The molecule has 0 unspecified atom stereocenters. The van der Waals surface area contributed by atoms with Gasteiger partial charge >= 0.3 is 5.97 Å². The molecule has 3 nitrogen and oxygen atoms in total. The van der Waals surface area contributed by atoms with Gasteiger partial charge in [0.25, 0.3) is 0 Å². The van der Waals surface area contributed by atoms with E-state index in [9.17, 15) is 4.79 Å². The lowest BCUT2D eigenvalue weighted by Crippen LogP contribution is -2.59. The minimum Gasteiger partial charge on any atom is -0.469 e. The molecule has 3 heteroatoms. The van der Waals surface area contributed by atoms with E-state index in [1.807, 2.05) is 0 Å². The number of hydrogen-bond donors (Lipinski definition) is 0. The normalized spacial score (nSPS) is 45.3. The van der Waals surface area contributed by atoms with Crippen molar-refractivity contribution in [2.75, 3.05) is 13.7 Å². The molecule has 3 aliphatic rings. The Morgan fingerprint density at radius 3 is 2.42 bits per heavy atom. The number of carbonyl (C=O) groups is 1. The molecule has 0 bridgehead atoms. The Labute approximate surface area is 147 Å². The van der Waals surface area contributed by atoms with Crippen LogP contribution in [0.25, 0.3) is 0 Å². The highest BCUT2D eigenvalue weighted by molar-refractivity contribution is 5.72. The molecule has 0 N–H and O–H groups in total. The first kappa shape index (κ1) is 18.2. The molecule has 24 heavy (non-hydrogen) atoms. The van der Waals surface area contributed by atoms with Gasteiger partial charge in [0, 0.05) is 6.61 Å². The molecule has 2 aliphatic carbocycles. The van der Waals surface area contributed by atoms with Crippen molar-refractivity contribution in [3.63, 3.8) is 0 Å². The fourth-order valence-corrected chi connectivity index (χ4v) is 6.76. The maximum Gasteiger partial charge on any atom is 0.308 e. The first-order valence-electron chi connectivity index (χ1n) is 9.95. The highest BCUT2D eigenvalue weighted by Crippen LogP contribution is 2.64. The van der Waals surface area contributed by atoms with Gasteiger partial charge in [0.15, 0.2) is 0 Å². The molecule has 0 aromatic rings. The minimum absolute atomic E-state index is 0.0140. The molecular formula is C21H36O3. The van der Waals surface area contributed by atoms with Crippen LogP contribution in [-0.2, 0) is 14.3 Å². The average Bonchev–Trinajstić information content (AvgIpc) is 2.48. The van der Waals surface area contributed by atoms with Gasteiger partial charge in [-0.15, -0.1) is 0 Å². The van der Waals surface area contributed by atoms with Crippen LogP contribution in [0.4, 0.5) is 0 Å². The summed E-state index contributed by atoms with van der Waals surface area (Å²) >= 11 is 0. The van der Waals surface area contributed by atoms with Crippen LogP contribution in [0.3, 0.4) is 0 Å². The van der Waals surface area contributed by atoms with Gasteiger partial charge in [-0.1, -0.05) is 27.2 Å². The Morgan fingerprint density at radius 1 is 0.958 bits per heavy atom. The molecule has 3 fully saturated rings. The number of rotatable bonds is 1. The van der Waals surface area contributed by atoms with Gasteiger partial charge in [-0.25, -0.2) is 0 Å². The van der Waals surface area contributed by atoms with Crippen molar-refractivity contribution in [2.45, 2.75) is 84.7 Å². The zero-order chi connectivity index (χ0) is 17.6. The van der Waals surface area contributed by atoms with E-state index in [0.29, 0.717) is 23.4 Å². The molecule has 138 valence electrons. The van der Waals surface area contributed by atoms with Crippen LogP contribution in [-0.4, -0.2) is 25.3 Å². The maximum absolute atomic E-state index is 12.1. The zero-order valence-electron chi connectivity index (χ0n) is 16.3. The van der Waals surface area contributed by atoms with Gasteiger partial charge in [0.05, 0.1) is 18.6 Å². The second-order valence-electron chi connectivity index (χ2n) is 9.74. The number of carbonyl (C=O) groups excluding carboxylic acids is 1. The van der Waals surface area contributed by atoms with Gasteiger partial charge < -0.3 is 9.47 Å². The number of ether oxygens (including phenoxy) is 2. The first-order valence-corrected chi connectivity index (χ1v) is 9.95. The summed E-state index contributed by atoms with van der Waals surface area (Å²) in [5.41, 5.74) is 0.755. The molecule has 1 aliphatic heterocycles.